The average Bonchev–Trinajstić information content (AvgIpc) is 3.44. The Hall–Kier alpha value is -1.59. The van der Waals surface area contributed by atoms with Crippen LogP contribution in [0.3, 0.4) is 0 Å². The normalized spacial score (nSPS) is 11.9. The summed E-state index contributed by atoms with van der Waals surface area (Å²) in [6.45, 7) is 6.72. The molecule has 6 heteroatoms. The lowest BCUT2D eigenvalue weighted by molar-refractivity contribution is -0.167. The van der Waals surface area contributed by atoms with E-state index in [-0.39, 0.29) is 31.1 Å². The molecule has 464 valence electrons. The number of unbranched alkanes of at least 4 members (excludes halogenated alkanes) is 57. The van der Waals surface area contributed by atoms with Crippen LogP contribution in [0.1, 0.15) is 425 Å². The Labute approximate surface area is 488 Å². The van der Waals surface area contributed by atoms with E-state index in [1.165, 1.54) is 327 Å². The van der Waals surface area contributed by atoms with Crippen molar-refractivity contribution >= 4 is 17.9 Å². The number of esters is 3. The van der Waals surface area contributed by atoms with Crippen molar-refractivity contribution in [2.24, 2.45) is 0 Å². The van der Waals surface area contributed by atoms with E-state index < -0.39 is 6.10 Å². The van der Waals surface area contributed by atoms with Crippen LogP contribution >= 0.6 is 0 Å². The Balaban J connectivity index is 4.01. The SMILES string of the molecule is CCCCCCCCCCCCCCCCCCCCCCCCCCCCCCCCCC(=O)OCC(COC(=O)CCCCCCCCCCC)OC(=O)CCCCCCCCCCCCCCCCCCCCCC. The van der Waals surface area contributed by atoms with Crippen molar-refractivity contribution in [1.82, 2.24) is 0 Å². The number of ether oxygens (including phenoxy) is 3. The largest absolute Gasteiger partial charge is 0.462 e. The number of hydrogen-bond acceptors (Lipinski definition) is 6. The maximum Gasteiger partial charge on any atom is 0.306 e. The van der Waals surface area contributed by atoms with Crippen LogP contribution in [0.2, 0.25) is 0 Å². The minimum Gasteiger partial charge on any atom is -0.462 e. The van der Waals surface area contributed by atoms with Crippen LogP contribution in [0, 0.1) is 0 Å². The van der Waals surface area contributed by atoms with E-state index in [2.05, 4.69) is 20.8 Å². The molecule has 0 aliphatic rings. The van der Waals surface area contributed by atoms with E-state index in [1.54, 1.807) is 0 Å². The van der Waals surface area contributed by atoms with Crippen molar-refractivity contribution in [1.29, 1.82) is 0 Å². The lowest BCUT2D eigenvalue weighted by atomic mass is 10.0. The van der Waals surface area contributed by atoms with Gasteiger partial charge in [0.2, 0.25) is 0 Å². The topological polar surface area (TPSA) is 78.9 Å². The zero-order chi connectivity index (χ0) is 56.4. The minimum atomic E-state index is -0.762. The van der Waals surface area contributed by atoms with Gasteiger partial charge in [-0.15, -0.1) is 0 Å². The van der Waals surface area contributed by atoms with Gasteiger partial charge in [-0.1, -0.05) is 387 Å². The van der Waals surface area contributed by atoms with Crippen LogP contribution in [-0.2, 0) is 28.6 Å². The molecule has 0 amide bonds. The third-order valence-electron chi connectivity index (χ3n) is 16.9. The highest BCUT2D eigenvalue weighted by atomic mass is 16.6. The molecular weight excluding hydrogens is 961 g/mol. The first-order valence-corrected chi connectivity index (χ1v) is 36.0. The molecule has 0 fully saturated rings. The molecule has 0 saturated carbocycles. The van der Waals surface area contributed by atoms with Crippen LogP contribution < -0.4 is 0 Å². The Morgan fingerprint density at radius 2 is 0.346 bits per heavy atom. The molecule has 0 rings (SSSR count). The van der Waals surface area contributed by atoms with E-state index >= 15 is 0 Å². The summed E-state index contributed by atoms with van der Waals surface area (Å²) >= 11 is 0. The molecule has 0 aliphatic carbocycles. The van der Waals surface area contributed by atoms with Crippen molar-refractivity contribution in [2.45, 2.75) is 431 Å². The highest BCUT2D eigenvalue weighted by molar-refractivity contribution is 5.71. The van der Waals surface area contributed by atoms with Gasteiger partial charge in [0.1, 0.15) is 13.2 Å². The van der Waals surface area contributed by atoms with Crippen molar-refractivity contribution in [3.63, 3.8) is 0 Å². The summed E-state index contributed by atoms with van der Waals surface area (Å²) in [6.07, 6.45) is 80.2. The smallest absolute Gasteiger partial charge is 0.306 e. The van der Waals surface area contributed by atoms with Gasteiger partial charge in [0.15, 0.2) is 6.10 Å². The molecule has 1 unspecified atom stereocenters. The van der Waals surface area contributed by atoms with Gasteiger partial charge in [-0.3, -0.25) is 14.4 Å². The van der Waals surface area contributed by atoms with Crippen LogP contribution in [0.5, 0.6) is 0 Å². The van der Waals surface area contributed by atoms with Gasteiger partial charge in [0.05, 0.1) is 0 Å². The molecule has 1 atom stereocenters. The maximum absolute atomic E-state index is 12.9. The van der Waals surface area contributed by atoms with Crippen molar-refractivity contribution in [2.75, 3.05) is 13.2 Å². The summed E-state index contributed by atoms with van der Waals surface area (Å²) in [6, 6.07) is 0. The van der Waals surface area contributed by atoms with E-state index in [0.29, 0.717) is 19.3 Å². The second kappa shape index (κ2) is 67.9. The standard InChI is InChI=1S/C72H140O6/c1-4-7-10-13-16-19-21-23-25-27-29-31-32-33-34-35-36-37-38-39-40-41-43-44-46-48-50-53-56-59-62-65-71(74)77-68-69(67-76-70(73)64-61-58-55-52-18-15-12-9-6-3)78-72(75)66-63-60-57-54-51-49-47-45-42-30-28-26-24-22-20-17-14-11-8-5-2/h69H,4-68H2,1-3H3. The highest BCUT2D eigenvalue weighted by Gasteiger charge is 2.20. The molecule has 0 aromatic heterocycles. The fourth-order valence-corrected chi connectivity index (χ4v) is 11.5. The summed E-state index contributed by atoms with van der Waals surface area (Å²) < 4.78 is 16.9. The lowest BCUT2D eigenvalue weighted by Crippen LogP contribution is -2.30. The first-order valence-electron chi connectivity index (χ1n) is 36.0. The molecule has 0 aromatic carbocycles. The quantitative estimate of drug-likeness (QED) is 0.0343. The van der Waals surface area contributed by atoms with Gasteiger partial charge in [0.25, 0.3) is 0 Å². The maximum atomic E-state index is 12.9. The molecule has 0 radical (unpaired) electrons. The number of rotatable bonds is 68. The molecule has 0 spiro atoms. The van der Waals surface area contributed by atoms with Crippen LogP contribution in [0.15, 0.2) is 0 Å². The zero-order valence-electron chi connectivity index (χ0n) is 53.5. The van der Waals surface area contributed by atoms with Crippen LogP contribution in [0.25, 0.3) is 0 Å². The van der Waals surface area contributed by atoms with Crippen molar-refractivity contribution in [3.05, 3.63) is 0 Å². The van der Waals surface area contributed by atoms with E-state index in [9.17, 15) is 14.4 Å². The van der Waals surface area contributed by atoms with Gasteiger partial charge in [0, 0.05) is 19.3 Å². The zero-order valence-corrected chi connectivity index (χ0v) is 53.5. The van der Waals surface area contributed by atoms with Gasteiger partial charge >= 0.3 is 17.9 Å². The van der Waals surface area contributed by atoms with Gasteiger partial charge in [-0.2, -0.15) is 0 Å². The third-order valence-corrected chi connectivity index (χ3v) is 16.9. The average molecular weight is 1100 g/mol. The molecular formula is C72H140O6. The molecule has 0 N–H and O–H groups in total. The molecule has 0 bridgehead atoms. The van der Waals surface area contributed by atoms with Gasteiger partial charge < -0.3 is 14.2 Å². The van der Waals surface area contributed by atoms with E-state index in [0.717, 1.165) is 57.8 Å². The van der Waals surface area contributed by atoms with Gasteiger partial charge in [-0.05, 0) is 19.3 Å². The monoisotopic (exact) mass is 1100 g/mol. The third kappa shape index (κ3) is 65.2. The minimum absolute atomic E-state index is 0.0608. The summed E-state index contributed by atoms with van der Waals surface area (Å²) in [5.74, 6) is -0.827. The summed E-state index contributed by atoms with van der Waals surface area (Å²) in [5.41, 5.74) is 0. The predicted molar refractivity (Wildman–Crippen MR) is 340 cm³/mol. The van der Waals surface area contributed by atoms with E-state index in [1.807, 2.05) is 0 Å². The van der Waals surface area contributed by atoms with Gasteiger partial charge in [-0.25, -0.2) is 0 Å². The fraction of sp³-hybridized carbons (Fsp3) is 0.958. The van der Waals surface area contributed by atoms with E-state index in [4.69, 9.17) is 14.2 Å². The summed E-state index contributed by atoms with van der Waals surface area (Å²) in [7, 11) is 0. The highest BCUT2D eigenvalue weighted by Crippen LogP contribution is 2.20. The molecule has 0 aromatic rings. The number of carbonyl (C=O) groups excluding carboxylic acids is 3. The summed E-state index contributed by atoms with van der Waals surface area (Å²) in [4.78, 5) is 38.3. The van der Waals surface area contributed by atoms with Crippen molar-refractivity contribution in [3.8, 4) is 0 Å². The molecule has 0 heterocycles. The van der Waals surface area contributed by atoms with Crippen LogP contribution in [0.4, 0.5) is 0 Å². The predicted octanol–water partition coefficient (Wildman–Crippen LogP) is 24.6. The van der Waals surface area contributed by atoms with Crippen molar-refractivity contribution < 1.29 is 28.6 Å². The number of carbonyl (C=O) groups is 3. The molecule has 6 nitrogen and oxygen atoms in total. The Morgan fingerprint density at radius 1 is 0.205 bits per heavy atom. The first-order chi connectivity index (χ1) is 38.5. The first kappa shape index (κ1) is 76.4. The summed E-state index contributed by atoms with van der Waals surface area (Å²) in [5, 5.41) is 0. The Bertz CT molecular complexity index is 1170. The lowest BCUT2D eigenvalue weighted by Gasteiger charge is -2.18. The molecule has 78 heavy (non-hydrogen) atoms. The molecule has 0 saturated heterocycles. The molecule has 0 aliphatic heterocycles. The van der Waals surface area contributed by atoms with Crippen LogP contribution in [-0.4, -0.2) is 37.2 Å². The Morgan fingerprint density at radius 3 is 0.513 bits per heavy atom. The Kier molecular flexibility index (Phi) is 66.5. The number of hydrogen-bond donors (Lipinski definition) is 0. The fourth-order valence-electron chi connectivity index (χ4n) is 11.5. The second-order valence-electron chi connectivity index (χ2n) is 24.9. The second-order valence-corrected chi connectivity index (χ2v) is 24.9.